The van der Waals surface area contributed by atoms with Crippen molar-refractivity contribution in [3.8, 4) is 0 Å². The van der Waals surface area contributed by atoms with Gasteiger partial charge in [0.25, 0.3) is 0 Å². The quantitative estimate of drug-likeness (QED) is 0.444. The summed E-state index contributed by atoms with van der Waals surface area (Å²) >= 11 is 12.1. The molecule has 0 bridgehead atoms. The molecule has 0 aromatic rings. The van der Waals surface area contributed by atoms with Crippen LogP contribution in [0.1, 0.15) is 19.3 Å². The predicted molar refractivity (Wildman–Crippen MR) is 51.4 cm³/mol. The van der Waals surface area contributed by atoms with Gasteiger partial charge in [-0.15, -0.1) is 23.2 Å². The Bertz CT molecular complexity index is 108. The number of hydrogen-bond acceptors (Lipinski definition) is 0. The van der Waals surface area contributed by atoms with Crippen LogP contribution in [-0.4, -0.2) is 21.0 Å². The highest BCUT2D eigenvalue weighted by Gasteiger charge is 2.28. The zero-order valence-corrected chi connectivity index (χ0v) is 9.83. The smallest absolute Gasteiger partial charge is 0.0524 e. The SMILES string of the molecule is [SiH3]CC1CCCC(Cl)C1Cl. The lowest BCUT2D eigenvalue weighted by atomic mass is 9.90. The summed E-state index contributed by atoms with van der Waals surface area (Å²) in [6.07, 6.45) is 3.71. The first-order chi connectivity index (χ1) is 4.75. The molecule has 3 atom stereocenters. The van der Waals surface area contributed by atoms with Crippen molar-refractivity contribution in [1.29, 1.82) is 0 Å². The van der Waals surface area contributed by atoms with E-state index in [4.69, 9.17) is 23.2 Å². The van der Waals surface area contributed by atoms with Gasteiger partial charge in [0.15, 0.2) is 0 Å². The Morgan fingerprint density at radius 3 is 2.50 bits per heavy atom. The average molecular weight is 197 g/mol. The molecule has 1 fully saturated rings. The highest BCUT2D eigenvalue weighted by atomic mass is 35.5. The minimum Gasteiger partial charge on any atom is -0.121 e. The van der Waals surface area contributed by atoms with Gasteiger partial charge in [0, 0.05) is 10.2 Å². The summed E-state index contributed by atoms with van der Waals surface area (Å²) in [7, 11) is 1.27. The molecular weight excluding hydrogens is 183 g/mol. The number of rotatable bonds is 1. The molecule has 1 aliphatic carbocycles. The second kappa shape index (κ2) is 3.98. The lowest BCUT2D eigenvalue weighted by molar-refractivity contribution is 0.398. The molecule has 3 heteroatoms. The van der Waals surface area contributed by atoms with Crippen molar-refractivity contribution in [3.05, 3.63) is 0 Å². The van der Waals surface area contributed by atoms with Gasteiger partial charge in [0.2, 0.25) is 0 Å². The number of hydrogen-bond donors (Lipinski definition) is 0. The van der Waals surface area contributed by atoms with Crippen LogP contribution in [0.15, 0.2) is 0 Å². The van der Waals surface area contributed by atoms with Crippen LogP contribution in [0, 0.1) is 5.92 Å². The van der Waals surface area contributed by atoms with Crippen LogP contribution < -0.4 is 0 Å². The molecule has 1 aliphatic rings. The van der Waals surface area contributed by atoms with E-state index in [0.717, 1.165) is 12.3 Å². The van der Waals surface area contributed by atoms with Crippen molar-refractivity contribution in [2.75, 3.05) is 0 Å². The standard InChI is InChI=1S/C7H14Cl2Si/c8-6-3-1-2-5(4-10)7(6)9/h5-7H,1-4H2,10H3. The summed E-state index contributed by atoms with van der Waals surface area (Å²) in [5.74, 6) is 0.726. The first-order valence-corrected chi connectivity index (χ1v) is 6.32. The Labute approximate surface area is 75.7 Å². The van der Waals surface area contributed by atoms with Gasteiger partial charge >= 0.3 is 0 Å². The van der Waals surface area contributed by atoms with Crippen LogP contribution in [0.2, 0.25) is 6.04 Å². The Morgan fingerprint density at radius 1 is 1.30 bits per heavy atom. The maximum Gasteiger partial charge on any atom is 0.0524 e. The number of halogens is 2. The fourth-order valence-corrected chi connectivity index (χ4v) is 3.62. The third-order valence-corrected chi connectivity index (χ3v) is 4.70. The van der Waals surface area contributed by atoms with E-state index in [9.17, 15) is 0 Å². The second-order valence-corrected chi connectivity index (χ2v) is 4.94. The number of alkyl halides is 2. The lowest BCUT2D eigenvalue weighted by Crippen LogP contribution is -2.29. The molecule has 0 heterocycles. The monoisotopic (exact) mass is 196 g/mol. The predicted octanol–water partition coefficient (Wildman–Crippen LogP) is 1.78. The highest BCUT2D eigenvalue weighted by molar-refractivity contribution is 6.30. The summed E-state index contributed by atoms with van der Waals surface area (Å²) in [5, 5.41) is 0.502. The molecule has 3 unspecified atom stereocenters. The van der Waals surface area contributed by atoms with Crippen molar-refractivity contribution in [1.82, 2.24) is 0 Å². The zero-order chi connectivity index (χ0) is 7.56. The van der Waals surface area contributed by atoms with Crippen LogP contribution in [0.5, 0.6) is 0 Å². The van der Waals surface area contributed by atoms with Gasteiger partial charge in [0.05, 0.1) is 10.8 Å². The van der Waals surface area contributed by atoms with E-state index in [1.165, 1.54) is 29.1 Å². The van der Waals surface area contributed by atoms with Gasteiger partial charge in [-0.2, -0.15) is 0 Å². The van der Waals surface area contributed by atoms with Crippen LogP contribution in [0.25, 0.3) is 0 Å². The molecular formula is C7H14Cl2Si. The molecule has 0 aliphatic heterocycles. The van der Waals surface area contributed by atoms with Crippen molar-refractivity contribution in [3.63, 3.8) is 0 Å². The van der Waals surface area contributed by atoms with Gasteiger partial charge in [0.1, 0.15) is 0 Å². The van der Waals surface area contributed by atoms with Crippen LogP contribution >= 0.6 is 23.2 Å². The van der Waals surface area contributed by atoms with Gasteiger partial charge in [-0.1, -0.05) is 12.5 Å². The minimum absolute atomic E-state index is 0.245. The van der Waals surface area contributed by atoms with E-state index in [1.54, 1.807) is 0 Å². The highest BCUT2D eigenvalue weighted by Crippen LogP contribution is 2.33. The third-order valence-electron chi connectivity index (χ3n) is 2.38. The first-order valence-electron chi connectivity index (χ1n) is 4.03. The van der Waals surface area contributed by atoms with Crippen molar-refractivity contribution < 1.29 is 0 Å². The molecule has 1 rings (SSSR count). The molecule has 60 valence electrons. The van der Waals surface area contributed by atoms with Crippen LogP contribution in [-0.2, 0) is 0 Å². The van der Waals surface area contributed by atoms with Crippen molar-refractivity contribution in [2.24, 2.45) is 5.92 Å². The van der Waals surface area contributed by atoms with Crippen LogP contribution in [0.3, 0.4) is 0 Å². The zero-order valence-electron chi connectivity index (χ0n) is 6.32. The molecule has 0 radical (unpaired) electrons. The molecule has 0 saturated heterocycles. The summed E-state index contributed by atoms with van der Waals surface area (Å²) in [4.78, 5) is 0. The van der Waals surface area contributed by atoms with E-state index in [1.807, 2.05) is 0 Å². The topological polar surface area (TPSA) is 0 Å². The maximum atomic E-state index is 6.12. The average Bonchev–Trinajstić information content (AvgIpc) is 1.95. The Balaban J connectivity index is 2.42. The van der Waals surface area contributed by atoms with E-state index < -0.39 is 0 Å². The van der Waals surface area contributed by atoms with E-state index in [2.05, 4.69) is 0 Å². The van der Waals surface area contributed by atoms with Gasteiger partial charge < -0.3 is 0 Å². The van der Waals surface area contributed by atoms with Crippen molar-refractivity contribution >= 4 is 33.4 Å². The summed E-state index contributed by atoms with van der Waals surface area (Å²) in [5.41, 5.74) is 0. The van der Waals surface area contributed by atoms with Gasteiger partial charge in [-0.05, 0) is 18.8 Å². The lowest BCUT2D eigenvalue weighted by Gasteiger charge is -2.29. The molecule has 0 nitrogen and oxygen atoms in total. The Morgan fingerprint density at radius 2 is 2.00 bits per heavy atom. The minimum atomic E-state index is 0.245. The van der Waals surface area contributed by atoms with Crippen molar-refractivity contribution in [2.45, 2.75) is 36.1 Å². The molecule has 0 amide bonds. The molecule has 10 heavy (non-hydrogen) atoms. The normalized spacial score (nSPS) is 42.0. The summed E-state index contributed by atoms with van der Waals surface area (Å²) in [6, 6.07) is 1.32. The maximum absolute atomic E-state index is 6.12. The van der Waals surface area contributed by atoms with Gasteiger partial charge in [-0.25, -0.2) is 0 Å². The van der Waals surface area contributed by atoms with E-state index >= 15 is 0 Å². The summed E-state index contributed by atoms with van der Waals surface area (Å²) < 4.78 is 0. The molecule has 1 saturated carbocycles. The summed E-state index contributed by atoms with van der Waals surface area (Å²) in [6.45, 7) is 0. The van der Waals surface area contributed by atoms with Crippen LogP contribution in [0.4, 0.5) is 0 Å². The molecule has 0 spiro atoms. The molecule has 0 aromatic carbocycles. The van der Waals surface area contributed by atoms with E-state index in [-0.39, 0.29) is 10.8 Å². The Hall–Kier alpha value is 0.797. The molecule has 0 aromatic heterocycles. The molecule has 0 N–H and O–H groups in total. The van der Waals surface area contributed by atoms with Gasteiger partial charge in [-0.3, -0.25) is 0 Å². The largest absolute Gasteiger partial charge is 0.121 e. The third kappa shape index (κ3) is 1.90. The fraction of sp³-hybridized carbons (Fsp3) is 1.00. The fourth-order valence-electron chi connectivity index (χ4n) is 1.62. The Kier molecular flexibility index (Phi) is 3.54. The second-order valence-electron chi connectivity index (χ2n) is 3.06. The van der Waals surface area contributed by atoms with E-state index in [0.29, 0.717) is 0 Å². The first kappa shape index (κ1) is 8.89.